The maximum Gasteiger partial charge on any atom is 0.00984 e. The third-order valence-corrected chi connectivity index (χ3v) is 3.66. The summed E-state index contributed by atoms with van der Waals surface area (Å²) in [6.45, 7) is 3.97. The van der Waals surface area contributed by atoms with Crippen LogP contribution in [0, 0.1) is 5.92 Å². The molecule has 2 rings (SSSR count). The monoisotopic (exact) mass is 182 g/mol. The van der Waals surface area contributed by atoms with Crippen LogP contribution in [0.15, 0.2) is 0 Å². The lowest BCUT2D eigenvalue weighted by atomic mass is 10.1. The van der Waals surface area contributed by atoms with Crippen LogP contribution in [0.25, 0.3) is 0 Å². The van der Waals surface area contributed by atoms with Gasteiger partial charge in [-0.25, -0.2) is 0 Å². The Morgan fingerprint density at radius 1 is 1.23 bits per heavy atom. The fourth-order valence-corrected chi connectivity index (χ4v) is 2.96. The third kappa shape index (κ3) is 2.23. The van der Waals surface area contributed by atoms with Crippen LogP contribution in [-0.2, 0) is 0 Å². The molecule has 0 aromatic carbocycles. The van der Waals surface area contributed by atoms with E-state index in [1.165, 1.54) is 51.7 Å². The molecular weight excluding hydrogens is 160 g/mol. The van der Waals surface area contributed by atoms with E-state index >= 15 is 0 Å². The van der Waals surface area contributed by atoms with E-state index in [0.29, 0.717) is 0 Å². The number of nitrogens with one attached hydrogen (secondary N) is 1. The molecule has 2 aliphatic rings. The van der Waals surface area contributed by atoms with Gasteiger partial charge in [0.2, 0.25) is 0 Å². The predicted octanol–water partition coefficient (Wildman–Crippen LogP) is 1.47. The first-order valence-electron chi connectivity index (χ1n) is 5.79. The van der Waals surface area contributed by atoms with E-state index < -0.39 is 0 Å². The highest BCUT2D eigenvalue weighted by molar-refractivity contribution is 4.85. The third-order valence-electron chi connectivity index (χ3n) is 3.66. The van der Waals surface area contributed by atoms with Crippen LogP contribution < -0.4 is 5.32 Å². The van der Waals surface area contributed by atoms with E-state index in [1.807, 2.05) is 0 Å². The zero-order valence-electron chi connectivity index (χ0n) is 8.76. The quantitative estimate of drug-likeness (QED) is 0.711. The number of rotatable bonds is 3. The van der Waals surface area contributed by atoms with Crippen molar-refractivity contribution in [2.45, 2.75) is 38.1 Å². The van der Waals surface area contributed by atoms with Crippen LogP contribution in [0.2, 0.25) is 0 Å². The van der Waals surface area contributed by atoms with Crippen LogP contribution in [-0.4, -0.2) is 37.6 Å². The van der Waals surface area contributed by atoms with Crippen LogP contribution in [0.1, 0.15) is 32.1 Å². The van der Waals surface area contributed by atoms with Crippen molar-refractivity contribution in [3.05, 3.63) is 0 Å². The summed E-state index contributed by atoms with van der Waals surface area (Å²) in [5.74, 6) is 0.954. The topological polar surface area (TPSA) is 15.3 Å². The first kappa shape index (κ1) is 9.47. The molecule has 2 unspecified atom stereocenters. The van der Waals surface area contributed by atoms with Crippen LogP contribution in [0.3, 0.4) is 0 Å². The Balaban J connectivity index is 1.76. The van der Waals surface area contributed by atoms with E-state index in [2.05, 4.69) is 17.3 Å². The normalized spacial score (nSPS) is 35.8. The minimum Gasteiger partial charge on any atom is -0.319 e. The molecule has 1 saturated heterocycles. The van der Waals surface area contributed by atoms with Crippen molar-refractivity contribution in [3.8, 4) is 0 Å². The van der Waals surface area contributed by atoms with Crippen molar-refractivity contribution >= 4 is 0 Å². The maximum absolute atomic E-state index is 3.30. The Morgan fingerprint density at radius 2 is 2.00 bits per heavy atom. The minimum absolute atomic E-state index is 0.931. The lowest BCUT2D eigenvalue weighted by molar-refractivity contribution is 0.240. The average Bonchev–Trinajstić information content (AvgIpc) is 2.70. The second-order valence-corrected chi connectivity index (χ2v) is 4.63. The summed E-state index contributed by atoms with van der Waals surface area (Å²) in [4.78, 5) is 2.72. The molecule has 1 aliphatic heterocycles. The molecule has 0 bridgehead atoms. The Hall–Kier alpha value is -0.0800. The molecule has 2 fully saturated rings. The van der Waals surface area contributed by atoms with Gasteiger partial charge in [-0.15, -0.1) is 0 Å². The molecule has 0 amide bonds. The molecule has 13 heavy (non-hydrogen) atoms. The van der Waals surface area contributed by atoms with Crippen molar-refractivity contribution < 1.29 is 0 Å². The molecule has 0 radical (unpaired) electrons. The molecule has 1 heterocycles. The van der Waals surface area contributed by atoms with E-state index in [4.69, 9.17) is 0 Å². The van der Waals surface area contributed by atoms with Crippen LogP contribution in [0.4, 0.5) is 0 Å². The second-order valence-electron chi connectivity index (χ2n) is 4.63. The van der Waals surface area contributed by atoms with E-state index in [1.54, 1.807) is 0 Å². The van der Waals surface area contributed by atoms with Gasteiger partial charge in [-0.05, 0) is 64.7 Å². The number of nitrogens with zero attached hydrogens (tertiary/aromatic N) is 1. The van der Waals surface area contributed by atoms with Gasteiger partial charge in [0.15, 0.2) is 0 Å². The van der Waals surface area contributed by atoms with Gasteiger partial charge >= 0.3 is 0 Å². The maximum atomic E-state index is 3.30. The Bertz CT molecular complexity index is 152. The van der Waals surface area contributed by atoms with Crippen molar-refractivity contribution in [2.75, 3.05) is 26.7 Å². The number of hydrogen-bond donors (Lipinski definition) is 1. The van der Waals surface area contributed by atoms with Crippen molar-refractivity contribution in [1.82, 2.24) is 10.2 Å². The summed E-state index contributed by atoms with van der Waals surface area (Å²) in [5.41, 5.74) is 0. The van der Waals surface area contributed by atoms with Gasteiger partial charge in [0.1, 0.15) is 0 Å². The summed E-state index contributed by atoms with van der Waals surface area (Å²) in [6, 6.07) is 0.931. The second kappa shape index (κ2) is 4.43. The summed E-state index contributed by atoms with van der Waals surface area (Å²) in [5, 5.41) is 3.30. The van der Waals surface area contributed by atoms with Crippen molar-refractivity contribution in [1.29, 1.82) is 0 Å². The SMILES string of the molecule is CNCC1CCC(N2CCCC2)C1. The van der Waals surface area contributed by atoms with Crippen LogP contribution in [0.5, 0.6) is 0 Å². The molecule has 2 nitrogen and oxygen atoms in total. The van der Waals surface area contributed by atoms with Gasteiger partial charge in [-0.2, -0.15) is 0 Å². The molecular formula is C11H22N2. The van der Waals surface area contributed by atoms with Gasteiger partial charge < -0.3 is 10.2 Å². The molecule has 76 valence electrons. The van der Waals surface area contributed by atoms with Gasteiger partial charge in [-0.3, -0.25) is 0 Å². The highest BCUT2D eigenvalue weighted by atomic mass is 15.2. The summed E-state index contributed by atoms with van der Waals surface area (Å²) >= 11 is 0. The standard InChI is InChI=1S/C11H22N2/c1-12-9-10-4-5-11(8-10)13-6-2-3-7-13/h10-12H,2-9H2,1H3. The molecule has 1 saturated carbocycles. The number of hydrogen-bond acceptors (Lipinski definition) is 2. The van der Waals surface area contributed by atoms with Gasteiger partial charge in [0.05, 0.1) is 0 Å². The van der Waals surface area contributed by atoms with Crippen molar-refractivity contribution in [2.24, 2.45) is 5.92 Å². The molecule has 1 aliphatic carbocycles. The molecule has 2 heteroatoms. The van der Waals surface area contributed by atoms with Crippen LogP contribution >= 0.6 is 0 Å². The Labute approximate surface area is 81.7 Å². The highest BCUT2D eigenvalue weighted by Gasteiger charge is 2.29. The highest BCUT2D eigenvalue weighted by Crippen LogP contribution is 2.30. The van der Waals surface area contributed by atoms with Crippen molar-refractivity contribution in [3.63, 3.8) is 0 Å². The first-order valence-corrected chi connectivity index (χ1v) is 5.79. The largest absolute Gasteiger partial charge is 0.319 e. The van der Waals surface area contributed by atoms with Gasteiger partial charge in [0, 0.05) is 6.04 Å². The Morgan fingerprint density at radius 3 is 2.69 bits per heavy atom. The number of likely N-dealkylation sites (tertiary alicyclic amines) is 1. The van der Waals surface area contributed by atoms with Gasteiger partial charge in [0.25, 0.3) is 0 Å². The zero-order chi connectivity index (χ0) is 9.10. The zero-order valence-corrected chi connectivity index (χ0v) is 8.76. The molecule has 2 atom stereocenters. The summed E-state index contributed by atoms with van der Waals surface area (Å²) < 4.78 is 0. The summed E-state index contributed by atoms with van der Waals surface area (Å²) in [7, 11) is 2.07. The summed E-state index contributed by atoms with van der Waals surface area (Å²) in [6.07, 6.45) is 7.22. The predicted molar refractivity (Wildman–Crippen MR) is 55.9 cm³/mol. The van der Waals surface area contributed by atoms with E-state index in [0.717, 1.165) is 12.0 Å². The molecule has 0 aromatic heterocycles. The lowest BCUT2D eigenvalue weighted by Crippen LogP contribution is -2.31. The average molecular weight is 182 g/mol. The molecule has 0 aromatic rings. The fourth-order valence-electron chi connectivity index (χ4n) is 2.96. The Kier molecular flexibility index (Phi) is 3.23. The first-order chi connectivity index (χ1) is 6.40. The lowest BCUT2D eigenvalue weighted by Gasteiger charge is -2.23. The molecule has 0 spiro atoms. The smallest absolute Gasteiger partial charge is 0.00984 e. The van der Waals surface area contributed by atoms with E-state index in [9.17, 15) is 0 Å². The van der Waals surface area contributed by atoms with E-state index in [-0.39, 0.29) is 0 Å². The molecule has 1 N–H and O–H groups in total. The van der Waals surface area contributed by atoms with Gasteiger partial charge in [-0.1, -0.05) is 0 Å². The fraction of sp³-hybridized carbons (Fsp3) is 1.00. The minimum atomic E-state index is 0.931.